The lowest BCUT2D eigenvalue weighted by molar-refractivity contribution is -0.140. The van der Waals surface area contributed by atoms with Crippen molar-refractivity contribution < 1.29 is 15.0 Å². The fourth-order valence-electron chi connectivity index (χ4n) is 1.24. The quantitative estimate of drug-likeness (QED) is 0.460. The van der Waals surface area contributed by atoms with Crippen LogP contribution in [-0.2, 0) is 4.79 Å². The summed E-state index contributed by atoms with van der Waals surface area (Å²) in [5, 5.41) is 20.0. The molecule has 0 aliphatic carbocycles. The number of aliphatic hydroxyl groups excluding tert-OH is 1. The van der Waals surface area contributed by atoms with Gasteiger partial charge in [-0.1, -0.05) is 6.92 Å². The van der Waals surface area contributed by atoms with E-state index in [1.165, 1.54) is 0 Å². The van der Waals surface area contributed by atoms with Gasteiger partial charge < -0.3 is 10.2 Å². The van der Waals surface area contributed by atoms with E-state index < -0.39 is 18.2 Å². The van der Waals surface area contributed by atoms with E-state index in [0.717, 1.165) is 0 Å². The van der Waals surface area contributed by atoms with Crippen molar-refractivity contribution in [3.05, 3.63) is 0 Å². The third-order valence-corrected chi connectivity index (χ3v) is 1.80. The average Bonchev–Trinajstić information content (AvgIpc) is 2.10. The minimum atomic E-state index is -0.885. The second-order valence-electron chi connectivity index (χ2n) is 2.71. The van der Waals surface area contributed by atoms with Gasteiger partial charge in [0.05, 0.1) is 0 Å². The van der Waals surface area contributed by atoms with Crippen LogP contribution < -0.4 is 5.32 Å². The molecule has 0 aromatic carbocycles. The Bertz CT molecular complexity index is 148. The van der Waals surface area contributed by atoms with Crippen molar-refractivity contribution in [1.29, 1.82) is 0 Å². The number of hydrogen-bond donors (Lipinski definition) is 3. The molecule has 1 fully saturated rings. The Morgan fingerprint density at radius 3 is 2.50 bits per heavy atom. The summed E-state index contributed by atoms with van der Waals surface area (Å²) >= 11 is 0. The van der Waals surface area contributed by atoms with Crippen molar-refractivity contribution in [1.82, 2.24) is 5.32 Å². The number of carboxylic acids is 1. The van der Waals surface area contributed by atoms with Crippen molar-refractivity contribution >= 4 is 5.97 Å². The SMILES string of the molecule is CC1CC(O)N[C@@H]1C(=O)O. The van der Waals surface area contributed by atoms with Gasteiger partial charge in [0, 0.05) is 0 Å². The first kappa shape index (κ1) is 7.50. The molecule has 1 saturated heterocycles. The van der Waals surface area contributed by atoms with Gasteiger partial charge in [0.2, 0.25) is 0 Å². The standard InChI is InChI=1S/C6H11NO3/c1-3-2-4(8)7-5(3)6(9)10/h3-5,7-8H,2H2,1H3,(H,9,10)/t3?,4?,5-/m0/s1. The lowest BCUT2D eigenvalue weighted by Crippen LogP contribution is -2.37. The molecule has 0 aromatic heterocycles. The molecule has 3 N–H and O–H groups in total. The van der Waals surface area contributed by atoms with E-state index in [-0.39, 0.29) is 5.92 Å². The maximum Gasteiger partial charge on any atom is 0.321 e. The number of aliphatic carboxylic acids is 1. The van der Waals surface area contributed by atoms with Crippen molar-refractivity contribution in [3.8, 4) is 0 Å². The molecule has 0 amide bonds. The van der Waals surface area contributed by atoms with E-state index in [1.54, 1.807) is 0 Å². The second-order valence-corrected chi connectivity index (χ2v) is 2.71. The molecule has 0 aromatic rings. The highest BCUT2D eigenvalue weighted by Crippen LogP contribution is 2.17. The number of nitrogens with one attached hydrogen (secondary N) is 1. The Morgan fingerprint density at radius 1 is 1.70 bits per heavy atom. The van der Waals surface area contributed by atoms with Gasteiger partial charge >= 0.3 is 5.97 Å². The molecule has 10 heavy (non-hydrogen) atoms. The first-order chi connectivity index (χ1) is 4.61. The van der Waals surface area contributed by atoms with E-state index in [4.69, 9.17) is 10.2 Å². The summed E-state index contributed by atoms with van der Waals surface area (Å²) < 4.78 is 0. The maximum atomic E-state index is 10.4. The molecule has 1 heterocycles. The number of carbonyl (C=O) groups is 1. The largest absolute Gasteiger partial charge is 0.480 e. The van der Waals surface area contributed by atoms with Gasteiger partial charge in [-0.15, -0.1) is 0 Å². The van der Waals surface area contributed by atoms with Crippen LogP contribution in [0.3, 0.4) is 0 Å². The smallest absolute Gasteiger partial charge is 0.321 e. The molecule has 0 bridgehead atoms. The van der Waals surface area contributed by atoms with E-state index in [1.807, 2.05) is 6.92 Å². The zero-order valence-electron chi connectivity index (χ0n) is 5.74. The molecule has 4 heteroatoms. The van der Waals surface area contributed by atoms with E-state index in [9.17, 15) is 4.79 Å². The van der Waals surface area contributed by atoms with Crippen LogP contribution >= 0.6 is 0 Å². The zero-order valence-corrected chi connectivity index (χ0v) is 5.74. The molecule has 1 aliphatic rings. The Balaban J connectivity index is 2.54. The van der Waals surface area contributed by atoms with Gasteiger partial charge in [0.1, 0.15) is 12.3 Å². The average molecular weight is 145 g/mol. The van der Waals surface area contributed by atoms with Crippen LogP contribution in [0.15, 0.2) is 0 Å². The Hall–Kier alpha value is -0.610. The molecule has 0 radical (unpaired) electrons. The normalized spacial score (nSPS) is 40.0. The van der Waals surface area contributed by atoms with Crippen molar-refractivity contribution in [2.75, 3.05) is 0 Å². The molecule has 58 valence electrons. The summed E-state index contributed by atoms with van der Waals surface area (Å²) in [6, 6.07) is -0.574. The Kier molecular flexibility index (Phi) is 1.92. The predicted molar refractivity (Wildman–Crippen MR) is 34.3 cm³/mol. The van der Waals surface area contributed by atoms with E-state index in [0.29, 0.717) is 6.42 Å². The zero-order chi connectivity index (χ0) is 7.72. The number of hydrogen-bond acceptors (Lipinski definition) is 3. The predicted octanol–water partition coefficient (Wildman–Crippen LogP) is -0.613. The highest BCUT2D eigenvalue weighted by Gasteiger charge is 2.34. The van der Waals surface area contributed by atoms with Gasteiger partial charge in [-0.25, -0.2) is 0 Å². The lowest BCUT2D eigenvalue weighted by atomic mass is 10.0. The fourth-order valence-corrected chi connectivity index (χ4v) is 1.24. The highest BCUT2D eigenvalue weighted by atomic mass is 16.4. The first-order valence-electron chi connectivity index (χ1n) is 3.28. The van der Waals surface area contributed by atoms with Gasteiger partial charge in [-0.2, -0.15) is 0 Å². The van der Waals surface area contributed by atoms with Crippen LogP contribution in [0.25, 0.3) is 0 Å². The maximum absolute atomic E-state index is 10.4. The Morgan fingerprint density at radius 2 is 2.30 bits per heavy atom. The Labute approximate surface area is 58.9 Å². The van der Waals surface area contributed by atoms with Crippen molar-refractivity contribution in [2.45, 2.75) is 25.6 Å². The van der Waals surface area contributed by atoms with Gasteiger partial charge in [0.25, 0.3) is 0 Å². The third-order valence-electron chi connectivity index (χ3n) is 1.80. The van der Waals surface area contributed by atoms with Crippen molar-refractivity contribution in [2.24, 2.45) is 5.92 Å². The van der Waals surface area contributed by atoms with Crippen LogP contribution in [0, 0.1) is 5.92 Å². The molecule has 0 spiro atoms. The summed E-state index contributed by atoms with van der Waals surface area (Å²) in [5.74, 6) is -0.864. The number of aliphatic hydroxyl groups is 1. The van der Waals surface area contributed by atoms with Gasteiger partial charge in [-0.3, -0.25) is 10.1 Å². The van der Waals surface area contributed by atoms with Gasteiger partial charge in [0.15, 0.2) is 0 Å². The summed E-state index contributed by atoms with van der Waals surface area (Å²) in [6.45, 7) is 1.81. The van der Waals surface area contributed by atoms with Crippen LogP contribution in [-0.4, -0.2) is 28.5 Å². The van der Waals surface area contributed by atoms with Crippen molar-refractivity contribution in [3.63, 3.8) is 0 Å². The molecule has 0 saturated carbocycles. The topological polar surface area (TPSA) is 69.6 Å². The monoisotopic (exact) mass is 145 g/mol. The first-order valence-corrected chi connectivity index (χ1v) is 3.28. The molecule has 4 nitrogen and oxygen atoms in total. The minimum absolute atomic E-state index is 0.0208. The summed E-state index contributed by atoms with van der Waals surface area (Å²) in [6.07, 6.45) is -0.118. The van der Waals surface area contributed by atoms with Crippen LogP contribution in [0.4, 0.5) is 0 Å². The molecule has 3 atom stereocenters. The minimum Gasteiger partial charge on any atom is -0.480 e. The number of rotatable bonds is 1. The molecule has 2 unspecified atom stereocenters. The van der Waals surface area contributed by atoms with Crippen LogP contribution in [0.2, 0.25) is 0 Å². The van der Waals surface area contributed by atoms with Gasteiger partial charge in [-0.05, 0) is 12.3 Å². The molecule has 1 rings (SSSR count). The third kappa shape index (κ3) is 1.27. The summed E-state index contributed by atoms with van der Waals surface area (Å²) in [5.41, 5.74) is 0. The van der Waals surface area contributed by atoms with E-state index in [2.05, 4.69) is 5.32 Å². The molecular formula is C6H11NO3. The molecular weight excluding hydrogens is 134 g/mol. The molecule has 1 aliphatic heterocycles. The summed E-state index contributed by atoms with van der Waals surface area (Å²) in [7, 11) is 0. The van der Waals surface area contributed by atoms with Crippen LogP contribution in [0.1, 0.15) is 13.3 Å². The highest BCUT2D eigenvalue weighted by molar-refractivity contribution is 5.74. The fraction of sp³-hybridized carbons (Fsp3) is 0.833. The summed E-state index contributed by atoms with van der Waals surface area (Å²) in [4.78, 5) is 10.4. The lowest BCUT2D eigenvalue weighted by Gasteiger charge is -2.07. The second kappa shape index (κ2) is 2.56. The van der Waals surface area contributed by atoms with Crippen LogP contribution in [0.5, 0.6) is 0 Å². The number of carboxylic acid groups (broad SMARTS) is 1. The van der Waals surface area contributed by atoms with E-state index >= 15 is 0 Å².